The van der Waals surface area contributed by atoms with Crippen molar-refractivity contribution in [1.82, 2.24) is 0 Å². The normalized spacial score (nSPS) is 29.4. The van der Waals surface area contributed by atoms with Crippen molar-refractivity contribution in [2.45, 2.75) is 42.9 Å². The summed E-state index contributed by atoms with van der Waals surface area (Å²) in [7, 11) is 0. The summed E-state index contributed by atoms with van der Waals surface area (Å²) in [5, 5.41) is -0.411. The van der Waals surface area contributed by atoms with Gasteiger partial charge in [-0.3, -0.25) is 9.59 Å². The molecule has 1 saturated heterocycles. The number of thioether (sulfide) groups is 3. The molecule has 0 amide bonds. The number of Topliss-reactive ketones (excluding diaryl/α,β-unsaturated/α-hetero) is 1. The van der Waals surface area contributed by atoms with E-state index < -0.39 is 21.1 Å². The van der Waals surface area contributed by atoms with Crippen molar-refractivity contribution >= 4 is 46.2 Å². The van der Waals surface area contributed by atoms with Crippen molar-refractivity contribution in [3.8, 4) is 0 Å². The van der Waals surface area contributed by atoms with Crippen LogP contribution in [0.1, 0.15) is 32.6 Å². The Balaban J connectivity index is 2.19. The number of halogens is 3. The summed E-state index contributed by atoms with van der Waals surface area (Å²) >= 11 is 3.28. The second kappa shape index (κ2) is 7.38. The molecule has 0 N–H and O–H groups in total. The molecule has 2 fully saturated rings. The Bertz CT molecular complexity index is 434. The average molecular weight is 372 g/mol. The molecule has 1 saturated carbocycles. The molecule has 0 aromatic carbocycles. The van der Waals surface area contributed by atoms with Crippen LogP contribution in [0.2, 0.25) is 0 Å². The Hall–Kier alpha value is 0.180. The van der Waals surface area contributed by atoms with Crippen LogP contribution in [0.5, 0.6) is 0 Å². The van der Waals surface area contributed by atoms with Crippen molar-refractivity contribution in [2.24, 2.45) is 11.8 Å². The molecule has 2 atom stereocenters. The molecule has 1 heterocycles. The van der Waals surface area contributed by atoms with E-state index in [1.54, 1.807) is 0 Å². The molecular weight excluding hydrogens is 353 g/mol. The Kier molecular flexibility index (Phi) is 6.21. The monoisotopic (exact) mass is 372 g/mol. The van der Waals surface area contributed by atoms with Crippen LogP contribution in [0.15, 0.2) is 0 Å². The SMILES string of the molecule is CC1C(=O)CCCC1C1(C(=O)SCC(F)(F)F)SCCCS1. The highest BCUT2D eigenvalue weighted by atomic mass is 32.2. The molecule has 0 spiro atoms. The van der Waals surface area contributed by atoms with Crippen molar-refractivity contribution in [3.05, 3.63) is 0 Å². The van der Waals surface area contributed by atoms with Crippen molar-refractivity contribution in [2.75, 3.05) is 17.3 Å². The summed E-state index contributed by atoms with van der Waals surface area (Å²) in [5.41, 5.74) is 0. The van der Waals surface area contributed by atoms with Gasteiger partial charge in [-0.05, 0) is 30.8 Å². The van der Waals surface area contributed by atoms with Crippen LogP contribution in [-0.4, -0.2) is 38.4 Å². The van der Waals surface area contributed by atoms with E-state index in [9.17, 15) is 22.8 Å². The minimum absolute atomic E-state index is 0.135. The van der Waals surface area contributed by atoms with Crippen molar-refractivity contribution < 1.29 is 22.8 Å². The third-order valence-corrected chi connectivity index (χ3v) is 8.95. The molecule has 0 radical (unpaired) electrons. The maximum Gasteiger partial charge on any atom is 0.398 e. The molecule has 2 aliphatic rings. The van der Waals surface area contributed by atoms with Gasteiger partial charge in [-0.15, -0.1) is 23.5 Å². The number of hydrogen-bond donors (Lipinski definition) is 0. The molecule has 2 rings (SSSR count). The van der Waals surface area contributed by atoms with Gasteiger partial charge >= 0.3 is 6.18 Å². The maximum absolute atomic E-state index is 12.6. The van der Waals surface area contributed by atoms with Gasteiger partial charge in [0.1, 0.15) is 9.86 Å². The smallest absolute Gasteiger partial charge is 0.299 e. The summed E-state index contributed by atoms with van der Waals surface area (Å²) in [4.78, 5) is 24.6. The highest BCUT2D eigenvalue weighted by Crippen LogP contribution is 2.55. The average Bonchev–Trinajstić information content (AvgIpc) is 2.47. The van der Waals surface area contributed by atoms with Crippen LogP contribution >= 0.6 is 35.3 Å². The highest BCUT2D eigenvalue weighted by molar-refractivity contribution is 8.25. The zero-order valence-corrected chi connectivity index (χ0v) is 14.7. The number of carbonyl (C=O) groups excluding carboxylic acids is 2. The van der Waals surface area contributed by atoms with E-state index in [2.05, 4.69) is 0 Å². The van der Waals surface area contributed by atoms with Crippen LogP contribution in [-0.2, 0) is 9.59 Å². The standard InChI is InChI=1S/C14H19F3O2S3/c1-9-10(4-2-5-11(9)18)14(21-6-3-7-22-14)12(19)20-8-13(15,16)17/h9-10H,2-8H2,1H3. The summed E-state index contributed by atoms with van der Waals surface area (Å²) in [6.07, 6.45) is -1.41. The van der Waals surface area contributed by atoms with Gasteiger partial charge in [0.2, 0.25) is 5.12 Å². The summed E-state index contributed by atoms with van der Waals surface area (Å²) in [6, 6.07) is 0. The van der Waals surface area contributed by atoms with Crippen LogP contribution in [0.4, 0.5) is 13.2 Å². The van der Waals surface area contributed by atoms with Crippen LogP contribution in [0, 0.1) is 11.8 Å². The second-order valence-electron chi connectivity index (χ2n) is 5.66. The molecule has 2 unspecified atom stereocenters. The second-order valence-corrected chi connectivity index (χ2v) is 9.55. The summed E-state index contributed by atoms with van der Waals surface area (Å²) in [5.74, 6) is 0.116. The molecule has 2 nitrogen and oxygen atoms in total. The number of carbonyl (C=O) groups is 2. The van der Waals surface area contributed by atoms with E-state index >= 15 is 0 Å². The van der Waals surface area contributed by atoms with Gasteiger partial charge < -0.3 is 0 Å². The predicted octanol–water partition coefficient (Wildman–Crippen LogP) is 4.38. The fraction of sp³-hybridized carbons (Fsp3) is 0.857. The first kappa shape index (κ1) is 18.5. The zero-order valence-electron chi connectivity index (χ0n) is 12.3. The van der Waals surface area contributed by atoms with Gasteiger partial charge in [-0.1, -0.05) is 18.7 Å². The Labute approximate surface area is 141 Å². The molecule has 0 bridgehead atoms. The fourth-order valence-corrected chi connectivity index (χ4v) is 7.86. The molecule has 0 aromatic rings. The molecule has 22 heavy (non-hydrogen) atoms. The third kappa shape index (κ3) is 4.17. The van der Waals surface area contributed by atoms with Gasteiger partial charge in [-0.25, -0.2) is 0 Å². The van der Waals surface area contributed by atoms with Gasteiger partial charge in [-0.2, -0.15) is 13.2 Å². The minimum Gasteiger partial charge on any atom is -0.299 e. The van der Waals surface area contributed by atoms with Crippen LogP contribution in [0.25, 0.3) is 0 Å². The van der Waals surface area contributed by atoms with E-state index in [-0.39, 0.29) is 17.6 Å². The van der Waals surface area contributed by atoms with Crippen molar-refractivity contribution in [1.29, 1.82) is 0 Å². The van der Waals surface area contributed by atoms with Gasteiger partial charge in [0.05, 0.1) is 5.75 Å². The molecule has 1 aliphatic carbocycles. The van der Waals surface area contributed by atoms with Crippen LogP contribution in [0.3, 0.4) is 0 Å². The molecular formula is C14H19F3O2S3. The van der Waals surface area contributed by atoms with E-state index in [1.807, 2.05) is 6.92 Å². The van der Waals surface area contributed by atoms with Crippen LogP contribution < -0.4 is 0 Å². The third-order valence-electron chi connectivity index (χ3n) is 4.11. The van der Waals surface area contributed by atoms with Gasteiger partial charge in [0, 0.05) is 18.3 Å². The lowest BCUT2D eigenvalue weighted by Gasteiger charge is -2.44. The van der Waals surface area contributed by atoms with E-state index in [1.165, 1.54) is 23.5 Å². The fourth-order valence-electron chi connectivity index (χ4n) is 3.00. The molecule has 8 heteroatoms. The first-order valence-electron chi connectivity index (χ1n) is 7.31. The number of hydrogen-bond acceptors (Lipinski definition) is 5. The summed E-state index contributed by atoms with van der Waals surface area (Å²) in [6.45, 7) is 1.82. The van der Waals surface area contributed by atoms with E-state index in [0.29, 0.717) is 18.2 Å². The Morgan fingerprint density at radius 1 is 1.32 bits per heavy atom. The first-order valence-corrected chi connectivity index (χ1v) is 10.3. The predicted molar refractivity (Wildman–Crippen MR) is 87.3 cm³/mol. The van der Waals surface area contributed by atoms with Gasteiger partial charge in [0.25, 0.3) is 0 Å². The minimum atomic E-state index is -4.35. The van der Waals surface area contributed by atoms with Crippen molar-refractivity contribution in [3.63, 3.8) is 0 Å². The quantitative estimate of drug-likeness (QED) is 0.734. The summed E-state index contributed by atoms with van der Waals surface area (Å²) < 4.78 is 36.5. The number of rotatable bonds is 3. The van der Waals surface area contributed by atoms with E-state index in [4.69, 9.17) is 0 Å². The Morgan fingerprint density at radius 3 is 2.55 bits per heavy atom. The Morgan fingerprint density at radius 2 is 1.95 bits per heavy atom. The molecule has 126 valence electrons. The molecule has 1 aliphatic heterocycles. The van der Waals surface area contributed by atoms with Gasteiger partial charge in [0.15, 0.2) is 0 Å². The lowest BCUT2D eigenvalue weighted by molar-refractivity contribution is -0.127. The first-order chi connectivity index (χ1) is 10.3. The van der Waals surface area contributed by atoms with E-state index in [0.717, 1.165) is 30.8 Å². The topological polar surface area (TPSA) is 34.1 Å². The largest absolute Gasteiger partial charge is 0.398 e. The highest BCUT2D eigenvalue weighted by Gasteiger charge is 2.52. The number of alkyl halides is 3. The lowest BCUT2D eigenvalue weighted by atomic mass is 9.77. The molecule has 0 aromatic heterocycles. The lowest BCUT2D eigenvalue weighted by Crippen LogP contribution is -2.47. The number of ketones is 1. The zero-order chi connectivity index (χ0) is 16.4. The maximum atomic E-state index is 12.6.